The smallest absolute Gasteiger partial charge is 0.420 e. The Kier molecular flexibility index (Phi) is 7.07. The lowest BCUT2D eigenvalue weighted by Gasteiger charge is -2.38. The number of rotatable bonds is 6. The van der Waals surface area contributed by atoms with Gasteiger partial charge in [-0.05, 0) is 86.6 Å². The molecule has 2 aromatic rings. The number of aliphatic carboxylic acids is 1. The van der Waals surface area contributed by atoms with Gasteiger partial charge in [-0.15, -0.1) is 0 Å². The summed E-state index contributed by atoms with van der Waals surface area (Å²) in [5.74, 6) is -3.01. The van der Waals surface area contributed by atoms with Gasteiger partial charge in [0.25, 0.3) is 0 Å². The maximum absolute atomic E-state index is 14.3. The van der Waals surface area contributed by atoms with E-state index in [9.17, 15) is 36.2 Å². The molecule has 2 aliphatic heterocycles. The summed E-state index contributed by atoms with van der Waals surface area (Å²) in [6.45, 7) is 0. The number of carboxylic acids is 1. The van der Waals surface area contributed by atoms with Crippen molar-refractivity contribution in [3.8, 4) is 5.75 Å². The molecule has 10 heteroatoms. The molecular weight excluding hydrogens is 512 g/mol. The first-order valence-electron chi connectivity index (χ1n) is 13.2. The summed E-state index contributed by atoms with van der Waals surface area (Å²) >= 11 is 0. The van der Waals surface area contributed by atoms with E-state index in [0.29, 0.717) is 36.6 Å². The highest BCUT2D eigenvalue weighted by Gasteiger charge is 2.47. The zero-order chi connectivity index (χ0) is 27.3. The lowest BCUT2D eigenvalue weighted by molar-refractivity contribution is -0.185. The number of fused-ring (bicyclic) bond motifs is 3. The number of hydrogen-bond acceptors (Lipinski definition) is 3. The normalized spacial score (nSPS) is 29.9. The summed E-state index contributed by atoms with van der Waals surface area (Å²) in [5, 5.41) is 13.5. The van der Waals surface area contributed by atoms with Crippen LogP contribution in [0.5, 0.6) is 5.75 Å². The van der Waals surface area contributed by atoms with Crippen LogP contribution in [-0.4, -0.2) is 34.9 Å². The average Bonchev–Trinajstić information content (AvgIpc) is 3.15. The van der Waals surface area contributed by atoms with Gasteiger partial charge < -0.3 is 15.2 Å². The number of ether oxygens (including phenoxy) is 1. The summed E-state index contributed by atoms with van der Waals surface area (Å²) in [6, 6.07) is 7.92. The van der Waals surface area contributed by atoms with E-state index >= 15 is 0 Å². The van der Waals surface area contributed by atoms with Gasteiger partial charge in [0.15, 0.2) is 0 Å². The zero-order valence-corrected chi connectivity index (χ0v) is 20.8. The van der Waals surface area contributed by atoms with Crippen molar-refractivity contribution in [1.82, 2.24) is 5.32 Å². The fraction of sp³-hybridized carbons (Fsp3) is 0.607. The second kappa shape index (κ2) is 9.92. The minimum Gasteiger partial charge on any atom is -0.490 e. The van der Waals surface area contributed by atoms with Crippen molar-refractivity contribution < 1.29 is 41.0 Å². The molecule has 2 N–H and O–H groups in total. The fourth-order valence-electron chi connectivity index (χ4n) is 6.72. The summed E-state index contributed by atoms with van der Waals surface area (Å²) in [6.07, 6.45) is -5.98. The van der Waals surface area contributed by atoms with Crippen LogP contribution < -0.4 is 10.1 Å². The van der Waals surface area contributed by atoms with E-state index in [2.05, 4.69) is 5.32 Å². The molecule has 2 bridgehead atoms. The Morgan fingerprint density at radius 2 is 1.74 bits per heavy atom. The number of carbonyl (C=O) groups is 1. The molecule has 3 atom stereocenters. The monoisotopic (exact) mass is 543 g/mol. The Morgan fingerprint density at radius 3 is 2.39 bits per heavy atom. The van der Waals surface area contributed by atoms with E-state index in [4.69, 9.17) is 4.74 Å². The maximum Gasteiger partial charge on any atom is 0.420 e. The number of carboxylic acid groups (broad SMARTS) is 1. The van der Waals surface area contributed by atoms with Crippen LogP contribution in [0.3, 0.4) is 0 Å². The van der Waals surface area contributed by atoms with Crippen molar-refractivity contribution in [2.75, 3.05) is 0 Å². The van der Waals surface area contributed by atoms with Crippen LogP contribution >= 0.6 is 0 Å². The minimum atomic E-state index is -4.71. The van der Waals surface area contributed by atoms with E-state index in [1.807, 2.05) is 0 Å². The molecule has 0 aromatic heterocycles. The Labute approximate surface area is 216 Å². The number of nitrogens with one attached hydrogen (secondary N) is 1. The van der Waals surface area contributed by atoms with E-state index in [1.54, 1.807) is 18.2 Å². The highest BCUT2D eigenvalue weighted by Crippen LogP contribution is 2.45. The standard InChI is InChI=1S/C28H31F6NO3/c29-27(30,31)19-4-6-21(7-5-19)38-23-8-3-17-2-1-16(13-22(17)24(23)28(32,33)34)9-11-26-12-10-20(35-26)14-18(15-26)25(36)37/h1-3,8,13,18-21,35H,4-7,9-12,14-15H2,(H,36,37)/t18?,19?,20?,21?,26-/m0/s1. The Morgan fingerprint density at radius 1 is 1.03 bits per heavy atom. The third-order valence-electron chi connectivity index (χ3n) is 8.69. The Hall–Kier alpha value is -2.49. The molecule has 3 fully saturated rings. The predicted octanol–water partition coefficient (Wildman–Crippen LogP) is 7.28. The molecule has 0 amide bonds. The molecule has 208 valence electrons. The number of aryl methyl sites for hydroxylation is 1. The second-order valence-electron chi connectivity index (χ2n) is 11.3. The van der Waals surface area contributed by atoms with Gasteiger partial charge in [0.2, 0.25) is 0 Å². The molecule has 5 rings (SSSR count). The number of halogens is 6. The molecule has 3 aliphatic rings. The van der Waals surface area contributed by atoms with Crippen LogP contribution in [0.2, 0.25) is 0 Å². The van der Waals surface area contributed by atoms with E-state index in [-0.39, 0.29) is 48.4 Å². The molecule has 0 radical (unpaired) electrons. The predicted molar refractivity (Wildman–Crippen MR) is 129 cm³/mol. The average molecular weight is 544 g/mol. The van der Waals surface area contributed by atoms with E-state index in [1.165, 1.54) is 12.1 Å². The molecule has 38 heavy (non-hydrogen) atoms. The van der Waals surface area contributed by atoms with Crippen molar-refractivity contribution >= 4 is 16.7 Å². The number of hydrogen-bond donors (Lipinski definition) is 2. The lowest BCUT2D eigenvalue weighted by atomic mass is 9.79. The molecule has 1 saturated carbocycles. The number of alkyl halides is 6. The molecular formula is C28H31F6NO3. The highest BCUT2D eigenvalue weighted by molar-refractivity contribution is 5.89. The molecule has 2 unspecified atom stereocenters. The second-order valence-corrected chi connectivity index (χ2v) is 11.3. The molecule has 2 heterocycles. The SMILES string of the molecule is O=C(O)C1CC2CC[C@@](CCc3ccc4ccc(OC5CCC(C(F)(F)F)CC5)c(C(F)(F)F)c4c3)(C1)N2. The van der Waals surface area contributed by atoms with Crippen LogP contribution in [0.25, 0.3) is 10.8 Å². The van der Waals surface area contributed by atoms with Crippen LogP contribution in [0.1, 0.15) is 68.9 Å². The largest absolute Gasteiger partial charge is 0.490 e. The summed E-state index contributed by atoms with van der Waals surface area (Å²) < 4.78 is 87.6. The quantitative estimate of drug-likeness (QED) is 0.376. The topological polar surface area (TPSA) is 58.6 Å². The van der Waals surface area contributed by atoms with Gasteiger partial charge in [-0.2, -0.15) is 26.3 Å². The molecule has 2 aromatic carbocycles. The molecule has 4 nitrogen and oxygen atoms in total. The van der Waals surface area contributed by atoms with E-state index in [0.717, 1.165) is 12.8 Å². The summed E-state index contributed by atoms with van der Waals surface area (Å²) in [5.41, 5.74) is -0.521. The highest BCUT2D eigenvalue weighted by atomic mass is 19.4. The zero-order valence-electron chi connectivity index (χ0n) is 20.8. The van der Waals surface area contributed by atoms with Crippen molar-refractivity contribution in [2.24, 2.45) is 11.8 Å². The van der Waals surface area contributed by atoms with Crippen LogP contribution in [0.4, 0.5) is 26.3 Å². The van der Waals surface area contributed by atoms with Crippen molar-refractivity contribution in [1.29, 1.82) is 0 Å². The van der Waals surface area contributed by atoms with Gasteiger partial charge in [-0.3, -0.25) is 4.79 Å². The Balaban J connectivity index is 1.36. The number of benzene rings is 2. The first kappa shape index (κ1) is 27.1. The van der Waals surface area contributed by atoms with E-state index < -0.39 is 41.8 Å². The molecule has 1 aliphatic carbocycles. The van der Waals surface area contributed by atoms with Gasteiger partial charge in [0, 0.05) is 11.6 Å². The van der Waals surface area contributed by atoms with Crippen LogP contribution in [-0.2, 0) is 17.4 Å². The summed E-state index contributed by atoms with van der Waals surface area (Å²) in [4.78, 5) is 11.6. The summed E-state index contributed by atoms with van der Waals surface area (Å²) in [7, 11) is 0. The minimum absolute atomic E-state index is 0.00158. The van der Waals surface area contributed by atoms with Gasteiger partial charge in [0.1, 0.15) is 11.3 Å². The first-order chi connectivity index (χ1) is 17.8. The molecule has 2 saturated heterocycles. The van der Waals surface area contributed by atoms with Gasteiger partial charge >= 0.3 is 18.3 Å². The van der Waals surface area contributed by atoms with Crippen LogP contribution in [0, 0.1) is 11.8 Å². The van der Waals surface area contributed by atoms with Gasteiger partial charge in [-0.1, -0.05) is 24.3 Å². The third kappa shape index (κ3) is 5.60. The van der Waals surface area contributed by atoms with Gasteiger partial charge in [0.05, 0.1) is 17.9 Å². The third-order valence-corrected chi connectivity index (χ3v) is 8.69. The maximum atomic E-state index is 14.3. The lowest BCUT2D eigenvalue weighted by Crippen LogP contribution is -2.51. The van der Waals surface area contributed by atoms with Crippen molar-refractivity contribution in [2.45, 2.75) is 94.2 Å². The van der Waals surface area contributed by atoms with Gasteiger partial charge in [-0.25, -0.2) is 0 Å². The number of piperidine rings is 1. The molecule has 0 spiro atoms. The first-order valence-corrected chi connectivity index (χ1v) is 13.2. The van der Waals surface area contributed by atoms with Crippen molar-refractivity contribution in [3.05, 3.63) is 41.5 Å². The Bertz CT molecular complexity index is 1190. The van der Waals surface area contributed by atoms with Crippen molar-refractivity contribution in [3.63, 3.8) is 0 Å². The van der Waals surface area contributed by atoms with Crippen LogP contribution in [0.15, 0.2) is 30.3 Å². The fourth-order valence-corrected chi connectivity index (χ4v) is 6.72.